The number of halogens is 1. The zero-order valence-corrected chi connectivity index (χ0v) is 15.8. The lowest BCUT2D eigenvalue weighted by Gasteiger charge is -2.34. The van der Waals surface area contributed by atoms with E-state index >= 15 is 0 Å². The summed E-state index contributed by atoms with van der Waals surface area (Å²) in [6.45, 7) is 1.72. The van der Waals surface area contributed by atoms with Gasteiger partial charge in [-0.2, -0.15) is 0 Å². The fraction of sp³-hybridized carbons (Fsp3) is 0.250. The summed E-state index contributed by atoms with van der Waals surface area (Å²) in [5.41, 5.74) is 0.622. The molecule has 7 nitrogen and oxygen atoms in total. The molecule has 0 spiro atoms. The molecule has 144 valence electrons. The summed E-state index contributed by atoms with van der Waals surface area (Å²) >= 11 is 6.18. The molecule has 2 amide bonds. The average Bonchev–Trinajstić information content (AvgIpc) is 3.28. The van der Waals surface area contributed by atoms with Gasteiger partial charge in [-0.05, 0) is 36.4 Å². The molecule has 1 aromatic carbocycles. The molecule has 0 radical (unpaired) electrons. The van der Waals surface area contributed by atoms with Crippen molar-refractivity contribution in [2.75, 3.05) is 32.8 Å². The van der Waals surface area contributed by atoms with Crippen LogP contribution in [0.15, 0.2) is 53.3 Å². The summed E-state index contributed by atoms with van der Waals surface area (Å²) in [5, 5.41) is 1.36. The first-order valence-corrected chi connectivity index (χ1v) is 9.28. The Morgan fingerprint density at radius 1 is 1.07 bits per heavy atom. The third kappa shape index (κ3) is 3.66. The monoisotopic (exact) mass is 399 g/mol. The number of carbonyl (C=O) groups excluding carboxylic acids is 2. The molecule has 3 heterocycles. The number of carbonyl (C=O) groups is 2. The smallest absolute Gasteiger partial charge is 0.289 e. The highest BCUT2D eigenvalue weighted by Crippen LogP contribution is 2.29. The third-order valence-corrected chi connectivity index (χ3v) is 5.01. The van der Waals surface area contributed by atoms with E-state index in [1.54, 1.807) is 46.3 Å². The minimum Gasteiger partial charge on any atom is -0.481 e. The number of furan rings is 1. The van der Waals surface area contributed by atoms with Gasteiger partial charge in [0.25, 0.3) is 11.8 Å². The number of pyridine rings is 1. The predicted molar refractivity (Wildman–Crippen MR) is 103 cm³/mol. The number of hydrogen-bond acceptors (Lipinski definition) is 5. The molecule has 1 fully saturated rings. The quantitative estimate of drug-likeness (QED) is 0.674. The Morgan fingerprint density at radius 2 is 1.86 bits per heavy atom. The van der Waals surface area contributed by atoms with E-state index in [1.807, 2.05) is 6.07 Å². The Bertz CT molecular complexity index is 998. The zero-order valence-electron chi connectivity index (χ0n) is 15.0. The van der Waals surface area contributed by atoms with E-state index in [0.29, 0.717) is 48.2 Å². The Morgan fingerprint density at radius 3 is 2.61 bits per heavy atom. The van der Waals surface area contributed by atoms with Gasteiger partial charge in [-0.25, -0.2) is 0 Å². The molecule has 1 aliphatic rings. The molecular formula is C20H18ClN3O4. The van der Waals surface area contributed by atoms with Crippen LogP contribution >= 0.6 is 11.6 Å². The van der Waals surface area contributed by atoms with Gasteiger partial charge in [0.05, 0.1) is 11.3 Å². The van der Waals surface area contributed by atoms with Crippen molar-refractivity contribution in [2.24, 2.45) is 0 Å². The highest BCUT2D eigenvalue weighted by Gasteiger charge is 2.26. The molecule has 0 unspecified atom stereocenters. The second kappa shape index (κ2) is 7.90. The molecule has 0 N–H and O–H groups in total. The van der Waals surface area contributed by atoms with Gasteiger partial charge in [-0.15, -0.1) is 0 Å². The van der Waals surface area contributed by atoms with Gasteiger partial charge in [-0.1, -0.05) is 11.6 Å². The van der Waals surface area contributed by atoms with Gasteiger partial charge in [0.15, 0.2) is 12.4 Å². The van der Waals surface area contributed by atoms with E-state index < -0.39 is 0 Å². The minimum atomic E-state index is -0.160. The zero-order chi connectivity index (χ0) is 19.5. The van der Waals surface area contributed by atoms with Crippen LogP contribution in [0.1, 0.15) is 10.6 Å². The van der Waals surface area contributed by atoms with Crippen LogP contribution in [0.5, 0.6) is 5.75 Å². The molecule has 4 rings (SSSR count). The predicted octanol–water partition coefficient (Wildman–Crippen LogP) is 2.84. The maximum atomic E-state index is 12.5. The van der Waals surface area contributed by atoms with E-state index in [-0.39, 0.29) is 18.4 Å². The van der Waals surface area contributed by atoms with Crippen LogP contribution in [0, 0.1) is 0 Å². The Kier molecular flexibility index (Phi) is 5.16. The van der Waals surface area contributed by atoms with Crippen molar-refractivity contribution in [3.05, 3.63) is 59.6 Å². The summed E-state index contributed by atoms with van der Waals surface area (Å²) < 4.78 is 10.9. The molecule has 0 aliphatic carbocycles. The SMILES string of the molecule is O=C(COc1ccc(Cl)c2cccnc12)N1CCN(C(=O)c2ccco2)CC1. The second-order valence-corrected chi connectivity index (χ2v) is 6.79. The number of benzene rings is 1. The van der Waals surface area contributed by atoms with Crippen LogP contribution in [-0.2, 0) is 4.79 Å². The fourth-order valence-corrected chi connectivity index (χ4v) is 3.39. The molecule has 0 saturated carbocycles. The number of hydrogen-bond donors (Lipinski definition) is 0. The van der Waals surface area contributed by atoms with Gasteiger partial charge in [0, 0.05) is 37.8 Å². The van der Waals surface area contributed by atoms with Gasteiger partial charge in [0.1, 0.15) is 11.3 Å². The standard InChI is InChI=1S/C20H18ClN3O4/c21-15-5-6-16(19-14(15)3-1-7-22-19)28-13-18(25)23-8-10-24(11-9-23)20(26)17-4-2-12-27-17/h1-7,12H,8-11,13H2. The first-order valence-electron chi connectivity index (χ1n) is 8.90. The van der Waals surface area contributed by atoms with Crippen LogP contribution in [0.4, 0.5) is 0 Å². The molecule has 3 aromatic rings. The minimum absolute atomic E-state index is 0.0978. The lowest BCUT2D eigenvalue weighted by molar-refractivity contribution is -0.134. The van der Waals surface area contributed by atoms with Crippen molar-refractivity contribution >= 4 is 34.3 Å². The molecule has 0 bridgehead atoms. The maximum Gasteiger partial charge on any atom is 0.289 e. The first kappa shape index (κ1) is 18.3. The number of ether oxygens (including phenoxy) is 1. The normalized spacial score (nSPS) is 14.3. The van der Waals surface area contributed by atoms with E-state index in [2.05, 4.69) is 4.98 Å². The Labute approximate surface area is 166 Å². The summed E-state index contributed by atoms with van der Waals surface area (Å²) in [7, 11) is 0. The molecule has 0 atom stereocenters. The molecule has 2 aromatic heterocycles. The molecule has 8 heteroatoms. The number of nitrogens with zero attached hydrogens (tertiary/aromatic N) is 3. The summed E-state index contributed by atoms with van der Waals surface area (Å²) in [6.07, 6.45) is 3.13. The third-order valence-electron chi connectivity index (χ3n) is 4.68. The number of rotatable bonds is 4. The van der Waals surface area contributed by atoms with E-state index in [9.17, 15) is 9.59 Å². The lowest BCUT2D eigenvalue weighted by Crippen LogP contribution is -2.51. The van der Waals surface area contributed by atoms with Crippen LogP contribution in [-0.4, -0.2) is 59.4 Å². The average molecular weight is 400 g/mol. The van der Waals surface area contributed by atoms with Crippen molar-refractivity contribution in [3.63, 3.8) is 0 Å². The van der Waals surface area contributed by atoms with Crippen molar-refractivity contribution in [2.45, 2.75) is 0 Å². The Hall–Kier alpha value is -3.06. The van der Waals surface area contributed by atoms with Gasteiger partial charge < -0.3 is 19.0 Å². The largest absolute Gasteiger partial charge is 0.481 e. The first-order chi connectivity index (χ1) is 13.6. The van der Waals surface area contributed by atoms with E-state index in [0.717, 1.165) is 5.39 Å². The highest BCUT2D eigenvalue weighted by atomic mass is 35.5. The molecule has 1 saturated heterocycles. The van der Waals surface area contributed by atoms with Crippen molar-refractivity contribution in [3.8, 4) is 5.75 Å². The summed E-state index contributed by atoms with van der Waals surface area (Å²) in [4.78, 5) is 32.5. The fourth-order valence-electron chi connectivity index (χ4n) is 3.17. The van der Waals surface area contributed by atoms with Gasteiger partial charge in [-0.3, -0.25) is 14.6 Å². The second-order valence-electron chi connectivity index (χ2n) is 6.38. The van der Waals surface area contributed by atoms with Crippen LogP contribution in [0.2, 0.25) is 5.02 Å². The van der Waals surface area contributed by atoms with Crippen molar-refractivity contribution in [1.29, 1.82) is 0 Å². The maximum absolute atomic E-state index is 12.5. The lowest BCUT2D eigenvalue weighted by atomic mass is 10.2. The van der Waals surface area contributed by atoms with Crippen molar-refractivity contribution < 1.29 is 18.7 Å². The van der Waals surface area contributed by atoms with Gasteiger partial charge in [0.2, 0.25) is 0 Å². The number of aromatic nitrogens is 1. The molecule has 28 heavy (non-hydrogen) atoms. The van der Waals surface area contributed by atoms with Crippen LogP contribution < -0.4 is 4.74 Å². The summed E-state index contributed by atoms with van der Waals surface area (Å²) in [5.74, 6) is 0.529. The molecular weight excluding hydrogens is 382 g/mol. The van der Waals surface area contributed by atoms with E-state index in [1.165, 1.54) is 6.26 Å². The van der Waals surface area contributed by atoms with Crippen LogP contribution in [0.25, 0.3) is 10.9 Å². The molecule has 1 aliphatic heterocycles. The van der Waals surface area contributed by atoms with Crippen LogP contribution in [0.3, 0.4) is 0 Å². The van der Waals surface area contributed by atoms with Crippen molar-refractivity contribution in [1.82, 2.24) is 14.8 Å². The highest BCUT2D eigenvalue weighted by molar-refractivity contribution is 6.35. The topological polar surface area (TPSA) is 75.9 Å². The summed E-state index contributed by atoms with van der Waals surface area (Å²) in [6, 6.07) is 10.4. The Balaban J connectivity index is 1.34. The van der Waals surface area contributed by atoms with E-state index in [4.69, 9.17) is 20.8 Å². The number of fused-ring (bicyclic) bond motifs is 1. The number of amides is 2. The number of piperazine rings is 1. The van der Waals surface area contributed by atoms with Gasteiger partial charge >= 0.3 is 0 Å².